The molecule has 2 N–H and O–H groups in total. The number of nitrogens with one attached hydrogen (secondary N) is 2. The minimum Gasteiger partial charge on any atom is -0.338 e. The van der Waals surface area contributed by atoms with Crippen molar-refractivity contribution in [3.63, 3.8) is 0 Å². The van der Waals surface area contributed by atoms with E-state index in [-0.39, 0.29) is 0 Å². The van der Waals surface area contributed by atoms with Crippen molar-refractivity contribution in [1.29, 1.82) is 0 Å². The SMILES string of the molecule is Cc1cc(Nc2nccc3[nH]c(-c4cccc(Cl)c4Cl)nc23)ncn1. The maximum absolute atomic E-state index is 6.30. The lowest BCUT2D eigenvalue weighted by Gasteiger charge is -2.05. The predicted molar refractivity (Wildman–Crippen MR) is 99.4 cm³/mol. The molecule has 3 aromatic heterocycles. The largest absolute Gasteiger partial charge is 0.338 e. The lowest BCUT2D eigenvalue weighted by Crippen LogP contribution is -1.98. The molecule has 0 bridgehead atoms. The second-order valence-corrected chi connectivity index (χ2v) is 6.20. The molecule has 0 radical (unpaired) electrons. The molecule has 0 aliphatic rings. The fraction of sp³-hybridized carbons (Fsp3) is 0.0588. The normalized spacial score (nSPS) is 11.0. The van der Waals surface area contributed by atoms with Crippen molar-refractivity contribution in [3.8, 4) is 11.4 Å². The van der Waals surface area contributed by atoms with Gasteiger partial charge in [-0.15, -0.1) is 0 Å². The van der Waals surface area contributed by atoms with Crippen LogP contribution in [0.15, 0.2) is 42.9 Å². The van der Waals surface area contributed by atoms with Crippen molar-refractivity contribution in [2.75, 3.05) is 5.32 Å². The maximum atomic E-state index is 6.30. The molecule has 0 unspecified atom stereocenters. The molecule has 0 aliphatic carbocycles. The Labute approximate surface area is 153 Å². The fourth-order valence-corrected chi connectivity index (χ4v) is 2.88. The van der Waals surface area contributed by atoms with Gasteiger partial charge in [0.1, 0.15) is 23.5 Å². The summed E-state index contributed by atoms with van der Waals surface area (Å²) in [5, 5.41) is 4.11. The predicted octanol–water partition coefficient (Wildman–Crippen LogP) is 4.77. The molecule has 0 spiro atoms. The van der Waals surface area contributed by atoms with Crippen molar-refractivity contribution in [2.24, 2.45) is 0 Å². The molecule has 0 amide bonds. The molecule has 0 saturated carbocycles. The minimum atomic E-state index is 0.456. The number of nitrogens with zero attached hydrogens (tertiary/aromatic N) is 4. The highest BCUT2D eigenvalue weighted by Crippen LogP contribution is 2.33. The summed E-state index contributed by atoms with van der Waals surface area (Å²) < 4.78 is 0. The highest BCUT2D eigenvalue weighted by Gasteiger charge is 2.14. The van der Waals surface area contributed by atoms with Gasteiger partial charge in [0.25, 0.3) is 0 Å². The van der Waals surface area contributed by atoms with Crippen LogP contribution in [0.4, 0.5) is 11.6 Å². The first kappa shape index (κ1) is 15.8. The van der Waals surface area contributed by atoms with E-state index in [2.05, 4.69) is 30.2 Å². The Morgan fingerprint density at radius 3 is 2.80 bits per heavy atom. The molecule has 0 aliphatic heterocycles. The fourth-order valence-electron chi connectivity index (χ4n) is 2.49. The average Bonchev–Trinajstić information content (AvgIpc) is 3.02. The third-order valence-electron chi connectivity index (χ3n) is 3.66. The zero-order valence-corrected chi connectivity index (χ0v) is 14.6. The summed E-state index contributed by atoms with van der Waals surface area (Å²) in [6.45, 7) is 1.90. The summed E-state index contributed by atoms with van der Waals surface area (Å²) in [7, 11) is 0. The molecule has 4 aromatic rings. The third kappa shape index (κ3) is 3.01. The lowest BCUT2D eigenvalue weighted by atomic mass is 10.2. The van der Waals surface area contributed by atoms with Gasteiger partial charge in [-0.2, -0.15) is 0 Å². The lowest BCUT2D eigenvalue weighted by molar-refractivity contribution is 1.10. The summed E-state index contributed by atoms with van der Waals surface area (Å²) in [6.07, 6.45) is 3.19. The number of aromatic nitrogens is 5. The van der Waals surface area contributed by atoms with Gasteiger partial charge in [0.05, 0.1) is 15.6 Å². The van der Waals surface area contributed by atoms with Crippen molar-refractivity contribution in [3.05, 3.63) is 58.6 Å². The minimum absolute atomic E-state index is 0.456. The molecule has 0 atom stereocenters. The summed E-state index contributed by atoms with van der Waals surface area (Å²) in [5.41, 5.74) is 3.10. The van der Waals surface area contributed by atoms with E-state index in [0.717, 1.165) is 16.8 Å². The molecule has 3 heterocycles. The van der Waals surface area contributed by atoms with Crippen LogP contribution in [0.25, 0.3) is 22.4 Å². The number of halogens is 2. The number of imidazole rings is 1. The van der Waals surface area contributed by atoms with E-state index in [4.69, 9.17) is 23.2 Å². The van der Waals surface area contributed by atoms with Crippen LogP contribution in [0.1, 0.15) is 5.69 Å². The van der Waals surface area contributed by atoms with Crippen LogP contribution in [-0.4, -0.2) is 24.9 Å². The van der Waals surface area contributed by atoms with Crippen LogP contribution in [-0.2, 0) is 0 Å². The van der Waals surface area contributed by atoms with E-state index in [9.17, 15) is 0 Å². The van der Waals surface area contributed by atoms with Crippen molar-refractivity contribution < 1.29 is 0 Å². The van der Waals surface area contributed by atoms with E-state index >= 15 is 0 Å². The zero-order valence-electron chi connectivity index (χ0n) is 13.1. The number of rotatable bonds is 3. The summed E-state index contributed by atoms with van der Waals surface area (Å²) >= 11 is 12.4. The molecule has 8 heteroatoms. The van der Waals surface area contributed by atoms with Crippen LogP contribution in [0.5, 0.6) is 0 Å². The van der Waals surface area contributed by atoms with Gasteiger partial charge in [-0.3, -0.25) is 0 Å². The zero-order chi connectivity index (χ0) is 17.4. The van der Waals surface area contributed by atoms with Gasteiger partial charge in [0.2, 0.25) is 0 Å². The quantitative estimate of drug-likeness (QED) is 0.542. The van der Waals surface area contributed by atoms with Crippen LogP contribution in [0.2, 0.25) is 10.0 Å². The standard InChI is InChI=1S/C17H12Cl2N6/c1-9-7-13(22-8-21-9)24-17-15-12(5-6-20-17)23-16(25-15)10-3-2-4-11(18)14(10)19/h2-8H,1H3,(H,23,25)(H,20,21,22,24). The van der Waals surface area contributed by atoms with Gasteiger partial charge in [-0.25, -0.2) is 19.9 Å². The first-order valence-electron chi connectivity index (χ1n) is 7.46. The van der Waals surface area contributed by atoms with E-state index in [1.807, 2.05) is 31.2 Å². The Balaban J connectivity index is 1.80. The number of H-pyrrole nitrogens is 1. The molecule has 4 rings (SSSR count). The monoisotopic (exact) mass is 370 g/mol. The van der Waals surface area contributed by atoms with Gasteiger partial charge >= 0.3 is 0 Å². The summed E-state index contributed by atoms with van der Waals surface area (Å²) in [4.78, 5) is 20.5. The Hall–Kier alpha value is -2.70. The van der Waals surface area contributed by atoms with E-state index < -0.39 is 0 Å². The first-order valence-corrected chi connectivity index (χ1v) is 8.22. The van der Waals surface area contributed by atoms with Gasteiger partial charge < -0.3 is 10.3 Å². The summed E-state index contributed by atoms with van der Waals surface area (Å²) in [6, 6.07) is 9.11. The van der Waals surface area contributed by atoms with Crippen LogP contribution in [0.3, 0.4) is 0 Å². The number of anilines is 2. The Morgan fingerprint density at radius 2 is 1.96 bits per heavy atom. The van der Waals surface area contributed by atoms with Crippen LogP contribution >= 0.6 is 23.2 Å². The third-order valence-corrected chi connectivity index (χ3v) is 4.48. The molecule has 0 saturated heterocycles. The molecule has 25 heavy (non-hydrogen) atoms. The Bertz CT molecular complexity index is 1080. The Kier molecular flexibility index (Phi) is 3.99. The van der Waals surface area contributed by atoms with Crippen LogP contribution < -0.4 is 5.32 Å². The highest BCUT2D eigenvalue weighted by molar-refractivity contribution is 6.43. The smallest absolute Gasteiger partial charge is 0.159 e. The maximum Gasteiger partial charge on any atom is 0.159 e. The van der Waals surface area contributed by atoms with E-state index in [0.29, 0.717) is 33.0 Å². The van der Waals surface area contributed by atoms with Gasteiger partial charge in [-0.1, -0.05) is 29.3 Å². The van der Waals surface area contributed by atoms with Crippen molar-refractivity contribution in [2.45, 2.75) is 6.92 Å². The molecule has 124 valence electrons. The Morgan fingerprint density at radius 1 is 1.08 bits per heavy atom. The second-order valence-electron chi connectivity index (χ2n) is 5.41. The van der Waals surface area contributed by atoms with E-state index in [1.54, 1.807) is 12.3 Å². The van der Waals surface area contributed by atoms with Crippen molar-refractivity contribution in [1.82, 2.24) is 24.9 Å². The number of pyridine rings is 1. The number of hydrogen-bond donors (Lipinski definition) is 2. The average molecular weight is 371 g/mol. The van der Waals surface area contributed by atoms with Gasteiger partial charge in [0.15, 0.2) is 5.82 Å². The summed E-state index contributed by atoms with van der Waals surface area (Å²) in [5.74, 6) is 1.87. The number of hydrogen-bond acceptors (Lipinski definition) is 5. The molecular formula is C17H12Cl2N6. The molecule has 1 aromatic carbocycles. The van der Waals surface area contributed by atoms with E-state index in [1.165, 1.54) is 6.33 Å². The highest BCUT2D eigenvalue weighted by atomic mass is 35.5. The molecular weight excluding hydrogens is 359 g/mol. The number of aryl methyl sites for hydroxylation is 1. The van der Waals surface area contributed by atoms with Gasteiger partial charge in [-0.05, 0) is 25.1 Å². The second kappa shape index (κ2) is 6.31. The van der Waals surface area contributed by atoms with Crippen molar-refractivity contribution >= 4 is 45.9 Å². The number of benzene rings is 1. The number of fused-ring (bicyclic) bond motifs is 1. The van der Waals surface area contributed by atoms with Gasteiger partial charge in [0, 0.05) is 23.5 Å². The topological polar surface area (TPSA) is 79.4 Å². The number of aromatic amines is 1. The molecule has 0 fully saturated rings. The molecule has 6 nitrogen and oxygen atoms in total. The first-order chi connectivity index (χ1) is 12.1. The van der Waals surface area contributed by atoms with Crippen LogP contribution in [0, 0.1) is 6.92 Å².